The molecule has 1 aromatic heterocycles. The molecule has 3 rings (SSSR count). The number of aromatic nitrogens is 1. The quantitative estimate of drug-likeness (QED) is 0.263. The van der Waals surface area contributed by atoms with Gasteiger partial charge in [-0.05, 0) is 55.7 Å². The summed E-state index contributed by atoms with van der Waals surface area (Å²) in [4.78, 5) is 14.8. The molecule has 0 unspecified atom stereocenters. The summed E-state index contributed by atoms with van der Waals surface area (Å²) in [5.74, 6) is 0.463. The van der Waals surface area contributed by atoms with E-state index >= 15 is 0 Å². The molecule has 0 saturated heterocycles. The molecule has 0 spiro atoms. The SMILES string of the molecule is CCOOCc1cc(Br)c2cc(Cc3ccc(F)cc3)cnc2c1OCC. The Hall–Kier alpha value is -2.02. The van der Waals surface area contributed by atoms with Crippen LogP contribution < -0.4 is 4.74 Å². The smallest absolute Gasteiger partial charge is 0.151 e. The van der Waals surface area contributed by atoms with E-state index in [0.29, 0.717) is 25.4 Å². The highest BCUT2D eigenvalue weighted by Gasteiger charge is 2.15. The van der Waals surface area contributed by atoms with Gasteiger partial charge in [-0.15, -0.1) is 0 Å². The van der Waals surface area contributed by atoms with Crippen molar-refractivity contribution in [2.75, 3.05) is 13.2 Å². The average molecular weight is 434 g/mol. The topological polar surface area (TPSA) is 40.6 Å². The zero-order valence-corrected chi connectivity index (χ0v) is 16.9. The fourth-order valence-electron chi connectivity index (χ4n) is 2.86. The zero-order valence-electron chi connectivity index (χ0n) is 15.3. The van der Waals surface area contributed by atoms with Gasteiger partial charge in [-0.1, -0.05) is 28.1 Å². The molecule has 0 bridgehead atoms. The maximum absolute atomic E-state index is 13.1. The minimum absolute atomic E-state index is 0.235. The first-order valence-corrected chi connectivity index (χ1v) is 9.63. The fraction of sp³-hybridized carbons (Fsp3) is 0.286. The summed E-state index contributed by atoms with van der Waals surface area (Å²) in [6.45, 7) is 5.08. The fourth-order valence-corrected chi connectivity index (χ4v) is 3.43. The molecule has 0 aliphatic rings. The van der Waals surface area contributed by atoms with Crippen LogP contribution in [0.1, 0.15) is 30.5 Å². The maximum atomic E-state index is 13.1. The van der Waals surface area contributed by atoms with E-state index in [2.05, 4.69) is 27.0 Å². The number of fused-ring (bicyclic) bond motifs is 1. The molecule has 0 radical (unpaired) electrons. The summed E-state index contributed by atoms with van der Waals surface area (Å²) >= 11 is 3.63. The lowest BCUT2D eigenvalue weighted by Crippen LogP contribution is -2.03. The zero-order chi connectivity index (χ0) is 19.2. The lowest BCUT2D eigenvalue weighted by atomic mass is 10.0. The van der Waals surface area contributed by atoms with Gasteiger partial charge < -0.3 is 4.74 Å². The van der Waals surface area contributed by atoms with Crippen molar-refractivity contribution in [3.8, 4) is 5.75 Å². The van der Waals surface area contributed by atoms with Crippen LogP contribution in [-0.2, 0) is 22.8 Å². The van der Waals surface area contributed by atoms with Gasteiger partial charge in [0.15, 0.2) is 5.75 Å². The van der Waals surface area contributed by atoms with E-state index in [4.69, 9.17) is 14.5 Å². The monoisotopic (exact) mass is 433 g/mol. The van der Waals surface area contributed by atoms with Gasteiger partial charge in [0.25, 0.3) is 0 Å². The van der Waals surface area contributed by atoms with Crippen molar-refractivity contribution in [3.05, 3.63) is 69.6 Å². The highest BCUT2D eigenvalue weighted by atomic mass is 79.9. The molecule has 6 heteroatoms. The molecule has 2 aromatic carbocycles. The molecule has 0 fully saturated rings. The molecular formula is C21H21BrFNO3. The van der Waals surface area contributed by atoms with Gasteiger partial charge in [-0.25, -0.2) is 14.2 Å². The number of ether oxygens (including phenoxy) is 1. The number of nitrogens with zero attached hydrogens (tertiary/aromatic N) is 1. The summed E-state index contributed by atoms with van der Waals surface area (Å²) in [7, 11) is 0. The van der Waals surface area contributed by atoms with E-state index in [1.807, 2.05) is 26.1 Å². The lowest BCUT2D eigenvalue weighted by molar-refractivity contribution is -0.300. The number of halogens is 2. The Kier molecular flexibility index (Phi) is 6.77. The van der Waals surface area contributed by atoms with Crippen molar-refractivity contribution < 1.29 is 18.9 Å². The van der Waals surface area contributed by atoms with E-state index in [1.54, 1.807) is 12.1 Å². The van der Waals surface area contributed by atoms with Crippen molar-refractivity contribution in [2.24, 2.45) is 0 Å². The molecular weight excluding hydrogens is 413 g/mol. The van der Waals surface area contributed by atoms with Crippen molar-refractivity contribution in [2.45, 2.75) is 26.9 Å². The lowest BCUT2D eigenvalue weighted by Gasteiger charge is -2.15. The third-order valence-corrected chi connectivity index (χ3v) is 4.69. The van der Waals surface area contributed by atoms with Gasteiger partial charge >= 0.3 is 0 Å². The molecule has 3 aromatic rings. The maximum Gasteiger partial charge on any atom is 0.151 e. The van der Waals surface area contributed by atoms with E-state index in [0.717, 1.165) is 32.1 Å². The molecule has 0 amide bonds. The predicted octanol–water partition coefficient (Wildman–Crippen LogP) is 5.59. The average Bonchev–Trinajstić information content (AvgIpc) is 2.67. The van der Waals surface area contributed by atoms with Crippen LogP contribution in [0.25, 0.3) is 10.9 Å². The second-order valence-electron chi connectivity index (χ2n) is 5.99. The van der Waals surface area contributed by atoms with Gasteiger partial charge in [0.1, 0.15) is 17.9 Å². The van der Waals surface area contributed by atoms with Crippen LogP contribution in [0.15, 0.2) is 47.1 Å². The molecule has 27 heavy (non-hydrogen) atoms. The van der Waals surface area contributed by atoms with Crippen molar-refractivity contribution in [1.29, 1.82) is 0 Å². The van der Waals surface area contributed by atoms with E-state index in [1.165, 1.54) is 12.1 Å². The standard InChI is InChI=1S/C21H21BrFNO3/c1-3-25-21-16(13-27-26-4-2)11-19(22)18-10-15(12-24-20(18)21)9-14-5-7-17(23)8-6-14/h5-8,10-12H,3-4,9,13H2,1-2H3. The van der Waals surface area contributed by atoms with Crippen LogP contribution in [0.2, 0.25) is 0 Å². The van der Waals surface area contributed by atoms with Crippen molar-refractivity contribution >= 4 is 26.8 Å². The second-order valence-corrected chi connectivity index (χ2v) is 6.85. The van der Waals surface area contributed by atoms with Crippen molar-refractivity contribution in [3.63, 3.8) is 0 Å². The highest BCUT2D eigenvalue weighted by Crippen LogP contribution is 2.35. The Morgan fingerprint density at radius 1 is 1.00 bits per heavy atom. The molecule has 0 saturated carbocycles. The van der Waals surface area contributed by atoms with Crippen LogP contribution in [0, 0.1) is 5.82 Å². The Balaban J connectivity index is 1.96. The van der Waals surface area contributed by atoms with Crippen LogP contribution in [0.4, 0.5) is 4.39 Å². The molecule has 1 heterocycles. The Labute approximate surface area is 166 Å². The number of hydrogen-bond acceptors (Lipinski definition) is 4. The van der Waals surface area contributed by atoms with Crippen LogP contribution in [-0.4, -0.2) is 18.2 Å². The van der Waals surface area contributed by atoms with Gasteiger partial charge in [-0.2, -0.15) is 0 Å². The van der Waals surface area contributed by atoms with Gasteiger partial charge in [-0.3, -0.25) is 4.98 Å². The minimum atomic E-state index is -0.235. The van der Waals surface area contributed by atoms with E-state index in [-0.39, 0.29) is 12.4 Å². The largest absolute Gasteiger partial charge is 0.491 e. The summed E-state index contributed by atoms with van der Waals surface area (Å²) in [6.07, 6.45) is 2.50. The Morgan fingerprint density at radius 3 is 2.48 bits per heavy atom. The van der Waals surface area contributed by atoms with Gasteiger partial charge in [0, 0.05) is 21.6 Å². The summed E-state index contributed by atoms with van der Waals surface area (Å²) in [5, 5.41) is 0.957. The second kappa shape index (κ2) is 9.26. The first kappa shape index (κ1) is 19.7. The number of pyridine rings is 1. The van der Waals surface area contributed by atoms with Crippen LogP contribution >= 0.6 is 15.9 Å². The number of benzene rings is 2. The van der Waals surface area contributed by atoms with Crippen LogP contribution in [0.3, 0.4) is 0 Å². The Bertz CT molecular complexity index is 915. The first-order valence-electron chi connectivity index (χ1n) is 8.84. The minimum Gasteiger partial charge on any atom is -0.491 e. The Morgan fingerprint density at radius 2 is 1.78 bits per heavy atom. The molecule has 0 N–H and O–H groups in total. The van der Waals surface area contributed by atoms with Gasteiger partial charge in [0.05, 0.1) is 13.2 Å². The summed E-state index contributed by atoms with van der Waals surface area (Å²) in [5.41, 5.74) is 3.70. The number of rotatable bonds is 8. The summed E-state index contributed by atoms with van der Waals surface area (Å²) < 4.78 is 19.9. The van der Waals surface area contributed by atoms with E-state index < -0.39 is 0 Å². The third-order valence-electron chi connectivity index (χ3n) is 4.04. The molecule has 142 valence electrons. The predicted molar refractivity (Wildman–Crippen MR) is 106 cm³/mol. The van der Waals surface area contributed by atoms with Gasteiger partial charge in [0.2, 0.25) is 0 Å². The van der Waals surface area contributed by atoms with E-state index in [9.17, 15) is 4.39 Å². The molecule has 0 aliphatic carbocycles. The number of hydrogen-bond donors (Lipinski definition) is 0. The first-order chi connectivity index (χ1) is 13.1. The molecule has 4 nitrogen and oxygen atoms in total. The summed E-state index contributed by atoms with van der Waals surface area (Å²) in [6, 6.07) is 10.6. The molecule has 0 atom stereocenters. The van der Waals surface area contributed by atoms with Crippen LogP contribution in [0.5, 0.6) is 5.75 Å². The highest BCUT2D eigenvalue weighted by molar-refractivity contribution is 9.10. The van der Waals surface area contributed by atoms with Crippen molar-refractivity contribution in [1.82, 2.24) is 4.98 Å². The normalized spacial score (nSPS) is 11.1. The molecule has 0 aliphatic heterocycles. The third kappa shape index (κ3) is 4.83.